The lowest BCUT2D eigenvalue weighted by Crippen LogP contribution is -2.31. The minimum absolute atomic E-state index is 0.0950. The predicted molar refractivity (Wildman–Crippen MR) is 161 cm³/mol. The Morgan fingerprint density at radius 3 is 2.27 bits per heavy atom. The molecule has 1 atom stereocenters. The minimum atomic E-state index is -0.616. The fraction of sp³-hybridized carbons (Fsp3) is 0.219. The van der Waals surface area contributed by atoms with Gasteiger partial charge in [0.15, 0.2) is 0 Å². The summed E-state index contributed by atoms with van der Waals surface area (Å²) in [5, 5.41) is 20.1. The van der Waals surface area contributed by atoms with Crippen molar-refractivity contribution in [3.05, 3.63) is 111 Å². The number of hydrogen-bond acceptors (Lipinski definition) is 6. The molecule has 1 heterocycles. The maximum Gasteiger partial charge on any atom is 0.254 e. The van der Waals surface area contributed by atoms with Crippen LogP contribution in [0.5, 0.6) is 5.75 Å². The number of thioether (sulfide) groups is 1. The first-order valence-electron chi connectivity index (χ1n) is 12.8. The van der Waals surface area contributed by atoms with Crippen molar-refractivity contribution in [1.29, 1.82) is 5.26 Å². The van der Waals surface area contributed by atoms with E-state index in [9.17, 15) is 14.9 Å². The molecule has 0 fully saturated rings. The van der Waals surface area contributed by atoms with Crippen molar-refractivity contribution >= 4 is 35.0 Å². The first-order valence-corrected chi connectivity index (χ1v) is 13.8. The van der Waals surface area contributed by atoms with E-state index in [1.807, 2.05) is 75.4 Å². The summed E-state index contributed by atoms with van der Waals surface area (Å²) < 4.78 is 5.40. The van der Waals surface area contributed by atoms with Crippen LogP contribution < -0.4 is 20.7 Å². The van der Waals surface area contributed by atoms with Crippen molar-refractivity contribution in [2.75, 3.05) is 23.5 Å². The molecule has 0 unspecified atom stereocenters. The quantitative estimate of drug-likeness (QED) is 0.302. The highest BCUT2D eigenvalue weighted by molar-refractivity contribution is 8.03. The zero-order valence-electron chi connectivity index (χ0n) is 23.2. The lowest BCUT2D eigenvalue weighted by atomic mass is 9.82. The molecular weight excluding hydrogens is 520 g/mol. The molecule has 0 bridgehead atoms. The first kappa shape index (κ1) is 28.5. The lowest BCUT2D eigenvalue weighted by Gasteiger charge is -2.30. The highest BCUT2D eigenvalue weighted by Crippen LogP contribution is 2.41. The highest BCUT2D eigenvalue weighted by Gasteiger charge is 2.35. The molecule has 40 heavy (non-hydrogen) atoms. The lowest BCUT2D eigenvalue weighted by molar-refractivity contribution is -0.114. The van der Waals surface area contributed by atoms with E-state index in [4.69, 9.17) is 4.74 Å². The van der Waals surface area contributed by atoms with Crippen molar-refractivity contribution in [3.63, 3.8) is 0 Å². The molecule has 4 rings (SSSR count). The molecule has 0 aliphatic carbocycles. The number of hydrogen-bond donors (Lipinski definition) is 3. The van der Waals surface area contributed by atoms with Crippen LogP contribution in [0.25, 0.3) is 0 Å². The van der Waals surface area contributed by atoms with Crippen molar-refractivity contribution in [3.8, 4) is 11.8 Å². The number of nitrogens with zero attached hydrogens (tertiary/aromatic N) is 1. The van der Waals surface area contributed by atoms with Crippen LogP contribution in [-0.2, 0) is 9.59 Å². The smallest absolute Gasteiger partial charge is 0.254 e. The molecule has 204 valence electrons. The highest BCUT2D eigenvalue weighted by atomic mass is 32.2. The Kier molecular flexibility index (Phi) is 8.97. The zero-order valence-corrected chi connectivity index (χ0v) is 24.0. The Hall–Kier alpha value is -4.48. The zero-order chi connectivity index (χ0) is 28.8. The van der Waals surface area contributed by atoms with Gasteiger partial charge in [-0.05, 0) is 56.5 Å². The number of nitrogens with one attached hydrogen (secondary N) is 3. The summed E-state index contributed by atoms with van der Waals surface area (Å²) in [5.41, 5.74) is 6.67. The number of aryl methyl sites for hydroxylation is 3. The number of para-hydroxylation sites is 2. The monoisotopic (exact) mass is 552 g/mol. The van der Waals surface area contributed by atoms with E-state index in [1.165, 1.54) is 11.8 Å². The van der Waals surface area contributed by atoms with Gasteiger partial charge in [0.25, 0.3) is 5.91 Å². The van der Waals surface area contributed by atoms with Crippen molar-refractivity contribution < 1.29 is 14.3 Å². The number of methoxy groups -OCH3 is 1. The number of benzene rings is 3. The van der Waals surface area contributed by atoms with Gasteiger partial charge in [0.2, 0.25) is 5.91 Å². The molecule has 0 radical (unpaired) electrons. The SMILES string of the molecule is COc1ccccc1NC(=O)C1=C(C)NC(SCC(=O)Nc2c(C)cc(C)cc2C)=C(C#N)[C@@H]1c1ccccc1. The van der Waals surface area contributed by atoms with Crippen LogP contribution in [0.15, 0.2) is 88.6 Å². The number of carbonyl (C=O) groups excluding carboxylic acids is 2. The van der Waals surface area contributed by atoms with Crippen LogP contribution in [0.2, 0.25) is 0 Å². The third-order valence-corrected chi connectivity index (χ3v) is 7.69. The number of dihydropyridines is 1. The molecule has 3 aromatic rings. The van der Waals surface area contributed by atoms with Crippen LogP contribution in [0.3, 0.4) is 0 Å². The molecule has 1 aliphatic rings. The van der Waals surface area contributed by atoms with E-state index in [-0.39, 0.29) is 17.6 Å². The number of rotatable bonds is 8. The average Bonchev–Trinajstić information content (AvgIpc) is 2.94. The van der Waals surface area contributed by atoms with Gasteiger partial charge in [-0.25, -0.2) is 0 Å². The van der Waals surface area contributed by atoms with E-state index in [2.05, 4.69) is 22.0 Å². The number of amides is 2. The molecule has 3 aromatic carbocycles. The molecule has 7 nitrogen and oxygen atoms in total. The Bertz CT molecular complexity index is 1530. The van der Waals surface area contributed by atoms with E-state index >= 15 is 0 Å². The number of carbonyl (C=O) groups is 2. The molecule has 0 saturated heterocycles. The molecule has 0 aromatic heterocycles. The third-order valence-electron chi connectivity index (χ3n) is 6.67. The van der Waals surface area contributed by atoms with Crippen LogP contribution in [-0.4, -0.2) is 24.7 Å². The van der Waals surface area contributed by atoms with Gasteiger partial charge < -0.3 is 20.7 Å². The average molecular weight is 553 g/mol. The summed E-state index contributed by atoms with van der Waals surface area (Å²) >= 11 is 1.25. The maximum absolute atomic E-state index is 13.7. The topological polar surface area (TPSA) is 103 Å². The van der Waals surface area contributed by atoms with Crippen molar-refractivity contribution in [2.45, 2.75) is 33.6 Å². The van der Waals surface area contributed by atoms with E-state index in [0.717, 1.165) is 27.9 Å². The maximum atomic E-state index is 13.7. The summed E-state index contributed by atoms with van der Waals surface area (Å²) in [5.74, 6) is -0.508. The van der Waals surface area contributed by atoms with Crippen LogP contribution in [0.4, 0.5) is 11.4 Å². The number of nitriles is 1. The van der Waals surface area contributed by atoms with E-state index in [1.54, 1.807) is 26.2 Å². The fourth-order valence-electron chi connectivity index (χ4n) is 4.93. The second-order valence-electron chi connectivity index (χ2n) is 9.63. The Morgan fingerprint density at radius 1 is 0.975 bits per heavy atom. The van der Waals surface area contributed by atoms with Crippen LogP contribution >= 0.6 is 11.8 Å². The van der Waals surface area contributed by atoms with Crippen molar-refractivity contribution in [1.82, 2.24) is 5.32 Å². The number of allylic oxidation sites excluding steroid dienone is 2. The van der Waals surface area contributed by atoms with Gasteiger partial charge in [-0.2, -0.15) is 5.26 Å². The van der Waals surface area contributed by atoms with Gasteiger partial charge in [-0.3, -0.25) is 9.59 Å². The molecule has 0 saturated carbocycles. The Morgan fingerprint density at radius 2 is 1.62 bits per heavy atom. The molecule has 1 aliphatic heterocycles. The van der Waals surface area contributed by atoms with E-state index < -0.39 is 5.92 Å². The molecule has 8 heteroatoms. The Balaban J connectivity index is 1.62. The van der Waals surface area contributed by atoms with Crippen molar-refractivity contribution in [2.24, 2.45) is 0 Å². The largest absolute Gasteiger partial charge is 0.495 e. The second-order valence-corrected chi connectivity index (χ2v) is 10.6. The van der Waals surface area contributed by atoms with Gasteiger partial charge in [0.1, 0.15) is 5.75 Å². The Labute approximate surface area is 239 Å². The fourth-order valence-corrected chi connectivity index (χ4v) is 5.83. The third kappa shape index (κ3) is 6.22. The van der Waals surface area contributed by atoms with E-state index in [0.29, 0.717) is 33.3 Å². The standard InChI is InChI=1S/C32H32N4O3S/c1-19-15-20(2)30(21(3)16-19)36-27(37)18-40-32-24(17-33)29(23-11-7-6-8-12-23)28(22(4)34-32)31(38)35-25-13-9-10-14-26(25)39-5/h6-16,29,34H,18H2,1-5H3,(H,35,38)(H,36,37)/t29-/m0/s1. The molecular formula is C32H32N4O3S. The summed E-state index contributed by atoms with van der Waals surface area (Å²) in [4.78, 5) is 26.6. The molecule has 2 amide bonds. The summed E-state index contributed by atoms with van der Waals surface area (Å²) in [6.07, 6.45) is 0. The number of anilines is 2. The first-order chi connectivity index (χ1) is 19.2. The van der Waals surface area contributed by atoms with Gasteiger partial charge in [-0.1, -0.05) is 71.9 Å². The van der Waals surface area contributed by atoms with Crippen LogP contribution in [0, 0.1) is 32.1 Å². The summed E-state index contributed by atoms with van der Waals surface area (Å²) in [7, 11) is 1.54. The molecule has 3 N–H and O–H groups in total. The van der Waals surface area contributed by atoms with Gasteiger partial charge in [0.05, 0.1) is 41.1 Å². The number of ether oxygens (including phenoxy) is 1. The van der Waals surface area contributed by atoms with Gasteiger partial charge in [-0.15, -0.1) is 0 Å². The normalized spacial score (nSPS) is 14.8. The predicted octanol–water partition coefficient (Wildman–Crippen LogP) is 6.33. The summed E-state index contributed by atoms with van der Waals surface area (Å²) in [6, 6.07) is 23.0. The molecule has 0 spiro atoms. The van der Waals surface area contributed by atoms with Gasteiger partial charge in [0, 0.05) is 17.0 Å². The second kappa shape index (κ2) is 12.6. The minimum Gasteiger partial charge on any atom is -0.495 e. The van der Waals surface area contributed by atoms with Crippen LogP contribution in [0.1, 0.15) is 35.1 Å². The summed E-state index contributed by atoms with van der Waals surface area (Å²) in [6.45, 7) is 7.77. The van der Waals surface area contributed by atoms with Gasteiger partial charge >= 0.3 is 0 Å².